The molecule has 4 nitrogen and oxygen atoms in total. The van der Waals surface area contributed by atoms with Crippen molar-refractivity contribution in [1.29, 1.82) is 0 Å². The zero-order valence-corrected chi connectivity index (χ0v) is 10.7. The van der Waals surface area contributed by atoms with Crippen molar-refractivity contribution in [2.24, 2.45) is 0 Å². The maximum absolute atomic E-state index is 13.6. The van der Waals surface area contributed by atoms with E-state index in [1.54, 1.807) is 6.07 Å². The van der Waals surface area contributed by atoms with Gasteiger partial charge in [-0.25, -0.2) is 9.18 Å². The molecule has 100 valence electrons. The van der Waals surface area contributed by atoms with Gasteiger partial charge in [-0.2, -0.15) is 0 Å². The third kappa shape index (κ3) is 4.71. The van der Waals surface area contributed by atoms with E-state index in [0.717, 1.165) is 18.5 Å². The molecule has 0 unspecified atom stereocenters. The van der Waals surface area contributed by atoms with Crippen LogP contribution in [0.1, 0.15) is 18.9 Å². The molecule has 0 amide bonds. The Hall–Kier alpha value is -1.62. The highest BCUT2D eigenvalue weighted by atomic mass is 19.1. The maximum atomic E-state index is 13.6. The third-order valence-corrected chi connectivity index (χ3v) is 2.33. The van der Waals surface area contributed by atoms with Gasteiger partial charge in [0.15, 0.2) is 18.2 Å². The molecular weight excluding hydrogens is 237 g/mol. The summed E-state index contributed by atoms with van der Waals surface area (Å²) in [6.07, 6.45) is 1.03. The number of hydrogen-bond donors (Lipinski definition) is 1. The first-order valence-corrected chi connectivity index (χ1v) is 5.86. The summed E-state index contributed by atoms with van der Waals surface area (Å²) in [6.45, 7) is 3.28. The second-order valence-electron chi connectivity index (χ2n) is 3.81. The van der Waals surface area contributed by atoms with Gasteiger partial charge in [-0.15, -0.1) is 0 Å². The van der Waals surface area contributed by atoms with E-state index in [-0.39, 0.29) is 12.4 Å². The van der Waals surface area contributed by atoms with Crippen LogP contribution in [-0.2, 0) is 16.1 Å². The SMILES string of the molecule is CCCNCc1ccc(OCC(=O)OC)c(F)c1. The van der Waals surface area contributed by atoms with E-state index in [0.29, 0.717) is 6.54 Å². The Labute approximate surface area is 106 Å². The minimum Gasteiger partial charge on any atom is -0.479 e. The van der Waals surface area contributed by atoms with E-state index in [1.165, 1.54) is 19.2 Å². The summed E-state index contributed by atoms with van der Waals surface area (Å²) in [4.78, 5) is 10.9. The van der Waals surface area contributed by atoms with Gasteiger partial charge in [0, 0.05) is 6.54 Å². The molecule has 0 saturated heterocycles. The van der Waals surface area contributed by atoms with Crippen LogP contribution in [0.4, 0.5) is 4.39 Å². The fourth-order valence-corrected chi connectivity index (χ4v) is 1.38. The quantitative estimate of drug-likeness (QED) is 0.597. The van der Waals surface area contributed by atoms with Crippen LogP contribution in [0.3, 0.4) is 0 Å². The number of esters is 1. The van der Waals surface area contributed by atoms with Gasteiger partial charge in [-0.05, 0) is 30.7 Å². The molecule has 5 heteroatoms. The minimum atomic E-state index is -0.539. The van der Waals surface area contributed by atoms with Crippen LogP contribution in [0.5, 0.6) is 5.75 Å². The van der Waals surface area contributed by atoms with Crippen molar-refractivity contribution in [3.05, 3.63) is 29.6 Å². The monoisotopic (exact) mass is 255 g/mol. The molecule has 0 spiro atoms. The lowest BCUT2D eigenvalue weighted by molar-refractivity contribution is -0.142. The standard InChI is InChI=1S/C13H18FNO3/c1-3-6-15-8-10-4-5-12(11(14)7-10)18-9-13(16)17-2/h4-5,7,15H,3,6,8-9H2,1-2H3. The van der Waals surface area contributed by atoms with Crippen molar-refractivity contribution < 1.29 is 18.7 Å². The first-order valence-electron chi connectivity index (χ1n) is 5.86. The van der Waals surface area contributed by atoms with Gasteiger partial charge >= 0.3 is 5.97 Å². The minimum absolute atomic E-state index is 0.0552. The summed E-state index contributed by atoms with van der Waals surface area (Å²) in [7, 11) is 1.25. The molecule has 0 fully saturated rings. The molecule has 1 aromatic rings. The third-order valence-electron chi connectivity index (χ3n) is 2.33. The first kappa shape index (κ1) is 14.4. The van der Waals surface area contributed by atoms with E-state index in [2.05, 4.69) is 17.0 Å². The lowest BCUT2D eigenvalue weighted by Crippen LogP contribution is -2.15. The zero-order valence-electron chi connectivity index (χ0n) is 10.7. The van der Waals surface area contributed by atoms with E-state index in [9.17, 15) is 9.18 Å². The van der Waals surface area contributed by atoms with Crippen molar-refractivity contribution in [3.63, 3.8) is 0 Å². The average molecular weight is 255 g/mol. The van der Waals surface area contributed by atoms with E-state index >= 15 is 0 Å². The van der Waals surface area contributed by atoms with Gasteiger partial charge in [-0.3, -0.25) is 0 Å². The number of carbonyl (C=O) groups excluding carboxylic acids is 1. The van der Waals surface area contributed by atoms with Crippen LogP contribution >= 0.6 is 0 Å². The fraction of sp³-hybridized carbons (Fsp3) is 0.462. The van der Waals surface area contributed by atoms with Gasteiger partial charge < -0.3 is 14.8 Å². The Balaban J connectivity index is 2.53. The summed E-state index contributed by atoms with van der Waals surface area (Å²) >= 11 is 0. The van der Waals surface area contributed by atoms with Gasteiger partial charge in [0.05, 0.1) is 7.11 Å². The Morgan fingerprint density at radius 2 is 2.22 bits per heavy atom. The summed E-state index contributed by atoms with van der Waals surface area (Å²) in [5.74, 6) is -0.961. The molecule has 0 heterocycles. The molecule has 18 heavy (non-hydrogen) atoms. The molecular formula is C13H18FNO3. The summed E-state index contributed by atoms with van der Waals surface area (Å²) < 4.78 is 23.0. The number of methoxy groups -OCH3 is 1. The Kier molecular flexibility index (Phi) is 6.14. The van der Waals surface area contributed by atoms with Crippen molar-refractivity contribution in [2.75, 3.05) is 20.3 Å². The van der Waals surface area contributed by atoms with Crippen molar-refractivity contribution in [1.82, 2.24) is 5.32 Å². The number of halogens is 1. The highest BCUT2D eigenvalue weighted by molar-refractivity contribution is 5.70. The summed E-state index contributed by atoms with van der Waals surface area (Å²) in [5, 5.41) is 3.18. The van der Waals surface area contributed by atoms with Crippen LogP contribution in [0, 0.1) is 5.82 Å². The molecule has 0 bridgehead atoms. The van der Waals surface area contributed by atoms with Crippen LogP contribution in [-0.4, -0.2) is 26.2 Å². The predicted octanol–water partition coefficient (Wildman–Crippen LogP) is 1.88. The number of hydrogen-bond acceptors (Lipinski definition) is 4. The number of benzene rings is 1. The molecule has 0 radical (unpaired) electrons. The van der Waals surface area contributed by atoms with Gasteiger partial charge in [0.1, 0.15) is 0 Å². The Morgan fingerprint density at radius 3 is 2.83 bits per heavy atom. The summed E-state index contributed by atoms with van der Waals surface area (Å²) in [5.41, 5.74) is 0.839. The lowest BCUT2D eigenvalue weighted by Gasteiger charge is -2.08. The topological polar surface area (TPSA) is 47.6 Å². The van der Waals surface area contributed by atoms with Crippen LogP contribution in [0.2, 0.25) is 0 Å². The molecule has 1 N–H and O–H groups in total. The number of rotatable bonds is 7. The lowest BCUT2D eigenvalue weighted by atomic mass is 10.2. The first-order chi connectivity index (χ1) is 8.67. The van der Waals surface area contributed by atoms with Gasteiger partial charge in [-0.1, -0.05) is 13.0 Å². The smallest absolute Gasteiger partial charge is 0.343 e. The predicted molar refractivity (Wildman–Crippen MR) is 65.9 cm³/mol. The molecule has 0 aliphatic rings. The molecule has 0 saturated carbocycles. The van der Waals surface area contributed by atoms with Crippen molar-refractivity contribution in [2.45, 2.75) is 19.9 Å². The van der Waals surface area contributed by atoms with Crippen LogP contribution < -0.4 is 10.1 Å². The Morgan fingerprint density at radius 1 is 1.44 bits per heavy atom. The molecule has 0 aliphatic heterocycles. The zero-order chi connectivity index (χ0) is 13.4. The van der Waals surface area contributed by atoms with Gasteiger partial charge in [0.2, 0.25) is 0 Å². The van der Waals surface area contributed by atoms with Crippen LogP contribution in [0.15, 0.2) is 18.2 Å². The van der Waals surface area contributed by atoms with E-state index in [1.807, 2.05) is 0 Å². The molecule has 0 aliphatic carbocycles. The largest absolute Gasteiger partial charge is 0.479 e. The highest BCUT2D eigenvalue weighted by Crippen LogP contribution is 2.18. The molecule has 0 atom stereocenters. The van der Waals surface area contributed by atoms with Crippen molar-refractivity contribution >= 4 is 5.97 Å². The maximum Gasteiger partial charge on any atom is 0.343 e. The number of carbonyl (C=O) groups is 1. The molecule has 0 aromatic heterocycles. The number of ether oxygens (including phenoxy) is 2. The summed E-state index contributed by atoms with van der Waals surface area (Å²) in [6, 6.07) is 4.68. The fourth-order valence-electron chi connectivity index (χ4n) is 1.38. The molecule has 1 rings (SSSR count). The normalized spacial score (nSPS) is 10.2. The van der Waals surface area contributed by atoms with E-state index in [4.69, 9.17) is 4.74 Å². The van der Waals surface area contributed by atoms with Crippen molar-refractivity contribution in [3.8, 4) is 5.75 Å². The van der Waals surface area contributed by atoms with E-state index < -0.39 is 11.8 Å². The number of nitrogens with one attached hydrogen (secondary N) is 1. The Bertz CT molecular complexity index is 396. The second kappa shape index (κ2) is 7.66. The molecule has 1 aromatic carbocycles. The average Bonchev–Trinajstić information content (AvgIpc) is 2.37. The van der Waals surface area contributed by atoms with Crippen LogP contribution in [0.25, 0.3) is 0 Å². The highest BCUT2D eigenvalue weighted by Gasteiger charge is 2.07. The van der Waals surface area contributed by atoms with Gasteiger partial charge in [0.25, 0.3) is 0 Å². The second-order valence-corrected chi connectivity index (χ2v) is 3.81.